The second-order valence-electron chi connectivity index (χ2n) is 7.12. The molecule has 0 radical (unpaired) electrons. The zero-order chi connectivity index (χ0) is 12.7. The first kappa shape index (κ1) is 9.80. The molecule has 4 nitrogen and oxygen atoms in total. The number of fused-ring (bicyclic) bond motifs is 2. The van der Waals surface area contributed by atoms with Gasteiger partial charge in [0.15, 0.2) is 5.41 Å². The first-order valence-electron chi connectivity index (χ1n) is 6.66. The zero-order valence-electron chi connectivity index (χ0n) is 11.0. The van der Waals surface area contributed by atoms with Crippen molar-refractivity contribution in [3.05, 3.63) is 0 Å². The van der Waals surface area contributed by atoms with Gasteiger partial charge in [-0.3, -0.25) is 0 Å². The Balaban J connectivity index is 1.90. The Morgan fingerprint density at radius 2 is 1.89 bits per heavy atom. The Morgan fingerprint density at radius 3 is 2.50 bits per heavy atom. The van der Waals surface area contributed by atoms with Crippen LogP contribution in [0.3, 0.4) is 0 Å². The Hall–Kier alpha value is -1.08. The number of hydrogen-bond donors (Lipinski definition) is 0. The fourth-order valence-electron chi connectivity index (χ4n) is 6.67. The molecule has 3 saturated carbocycles. The number of aliphatic imine (C=N–C) groups is 1. The molecular weight excluding hydrogens is 228 g/mol. The largest absolute Gasteiger partial charge is 0.483 e. The number of nitrogens with zero attached hydrogens (tertiary/aromatic N) is 2. The summed E-state index contributed by atoms with van der Waals surface area (Å²) in [7, 11) is 1.63. The van der Waals surface area contributed by atoms with Crippen LogP contribution in [0.4, 0.5) is 0 Å². The third-order valence-corrected chi connectivity index (χ3v) is 7.64. The van der Waals surface area contributed by atoms with Crippen molar-refractivity contribution in [3.63, 3.8) is 0 Å². The molecule has 0 bridgehead atoms. The van der Waals surface area contributed by atoms with Crippen LogP contribution in [0, 0.1) is 39.4 Å². The summed E-state index contributed by atoms with van der Waals surface area (Å²) in [4.78, 5) is 4.83. The second-order valence-corrected chi connectivity index (χ2v) is 7.12. The summed E-state index contributed by atoms with van der Waals surface area (Å²) in [6.07, 6.45) is 0.215. The topological polar surface area (TPSA) is 54.6 Å². The normalized spacial score (nSPS) is 72.3. The van der Waals surface area contributed by atoms with Gasteiger partial charge in [-0.2, -0.15) is 5.26 Å². The lowest BCUT2D eigenvalue weighted by molar-refractivity contribution is -0.368. The van der Waals surface area contributed by atoms with E-state index in [1.165, 1.54) is 0 Å². The standard InChI is InChI=1S/C14H16N2O2/c1-11-6-7-9-14(5-15,12(7,11)2)10(17-4)16-13(11,3)8(6)18-9/h6-9H,1-4H3. The maximum atomic E-state index is 9.81. The molecule has 0 N–H and O–H groups in total. The lowest BCUT2D eigenvalue weighted by Crippen LogP contribution is -2.94. The molecule has 4 heteroatoms. The molecule has 4 fully saturated rings. The van der Waals surface area contributed by atoms with E-state index in [0.717, 1.165) is 0 Å². The van der Waals surface area contributed by atoms with Gasteiger partial charge < -0.3 is 9.47 Å². The molecule has 1 saturated heterocycles. The molecule has 0 aromatic carbocycles. The first-order chi connectivity index (χ1) is 8.45. The van der Waals surface area contributed by atoms with E-state index in [0.29, 0.717) is 17.7 Å². The summed E-state index contributed by atoms with van der Waals surface area (Å²) in [5.74, 6) is 1.77. The molecule has 18 heavy (non-hydrogen) atoms. The molecule has 8 atom stereocenters. The molecule has 0 amide bonds. The van der Waals surface area contributed by atoms with Crippen molar-refractivity contribution in [1.82, 2.24) is 0 Å². The monoisotopic (exact) mass is 244 g/mol. The summed E-state index contributed by atoms with van der Waals surface area (Å²) < 4.78 is 11.7. The van der Waals surface area contributed by atoms with Gasteiger partial charge >= 0.3 is 0 Å². The van der Waals surface area contributed by atoms with Crippen molar-refractivity contribution in [2.75, 3.05) is 7.11 Å². The average Bonchev–Trinajstić information content (AvgIpc) is 2.56. The van der Waals surface area contributed by atoms with Crippen LogP contribution in [0.25, 0.3) is 0 Å². The third kappa shape index (κ3) is 0.431. The number of methoxy groups -OCH3 is 1. The van der Waals surface area contributed by atoms with Crippen molar-refractivity contribution in [2.45, 2.75) is 38.5 Å². The van der Waals surface area contributed by atoms with E-state index in [2.05, 4.69) is 26.8 Å². The molecule has 0 aromatic rings. The summed E-state index contributed by atoms with van der Waals surface area (Å²) >= 11 is 0. The fraction of sp³-hybridized carbons (Fsp3) is 0.857. The average molecular weight is 244 g/mol. The van der Waals surface area contributed by atoms with E-state index in [-0.39, 0.29) is 28.6 Å². The molecule has 5 rings (SSSR count). The van der Waals surface area contributed by atoms with E-state index in [4.69, 9.17) is 14.5 Å². The molecule has 2 heterocycles. The van der Waals surface area contributed by atoms with Crippen molar-refractivity contribution >= 4 is 5.90 Å². The first-order valence-corrected chi connectivity index (χ1v) is 6.66. The lowest BCUT2D eigenvalue weighted by atomic mass is 9.14. The van der Waals surface area contributed by atoms with Crippen LogP contribution >= 0.6 is 0 Å². The summed E-state index contributed by atoms with van der Waals surface area (Å²) in [6, 6.07) is 2.52. The molecule has 2 aliphatic heterocycles. The van der Waals surface area contributed by atoms with Crippen LogP contribution in [-0.2, 0) is 9.47 Å². The number of nitriles is 1. The van der Waals surface area contributed by atoms with Crippen LogP contribution in [0.5, 0.6) is 0 Å². The number of ether oxygens (including phenoxy) is 2. The maximum absolute atomic E-state index is 9.81. The second kappa shape index (κ2) is 2.02. The Labute approximate surface area is 106 Å². The lowest BCUT2D eigenvalue weighted by Gasteiger charge is -2.87. The molecule has 0 spiro atoms. The minimum atomic E-state index is -0.636. The van der Waals surface area contributed by atoms with Gasteiger partial charge in [-0.15, -0.1) is 0 Å². The van der Waals surface area contributed by atoms with E-state index in [9.17, 15) is 5.26 Å². The van der Waals surface area contributed by atoms with Crippen LogP contribution in [0.15, 0.2) is 4.99 Å². The van der Waals surface area contributed by atoms with Crippen LogP contribution in [0.2, 0.25) is 0 Å². The van der Waals surface area contributed by atoms with Crippen molar-refractivity contribution in [2.24, 2.45) is 33.1 Å². The predicted octanol–water partition coefficient (Wildman–Crippen LogP) is 1.37. The summed E-state index contributed by atoms with van der Waals surface area (Å²) in [6.45, 7) is 6.74. The van der Waals surface area contributed by atoms with Gasteiger partial charge in [0.25, 0.3) is 0 Å². The van der Waals surface area contributed by atoms with E-state index >= 15 is 0 Å². The fourth-order valence-corrected chi connectivity index (χ4v) is 6.67. The highest BCUT2D eigenvalue weighted by Crippen LogP contribution is 2.95. The third-order valence-electron chi connectivity index (χ3n) is 7.64. The van der Waals surface area contributed by atoms with Crippen LogP contribution in [-0.4, -0.2) is 30.8 Å². The Morgan fingerprint density at radius 1 is 1.22 bits per heavy atom. The Bertz CT molecular complexity index is 595. The van der Waals surface area contributed by atoms with E-state index in [1.54, 1.807) is 7.11 Å². The van der Waals surface area contributed by atoms with Gasteiger partial charge in [-0.05, 0) is 6.92 Å². The quantitative estimate of drug-likeness (QED) is 0.646. The van der Waals surface area contributed by atoms with Gasteiger partial charge in [0.2, 0.25) is 5.90 Å². The van der Waals surface area contributed by atoms with Crippen LogP contribution in [0.1, 0.15) is 20.8 Å². The van der Waals surface area contributed by atoms with Gasteiger partial charge in [0.1, 0.15) is 0 Å². The molecule has 94 valence electrons. The van der Waals surface area contributed by atoms with Crippen molar-refractivity contribution in [1.29, 1.82) is 5.26 Å². The minimum absolute atomic E-state index is 0.0126. The highest BCUT2D eigenvalue weighted by Gasteiger charge is 3.03. The summed E-state index contributed by atoms with van der Waals surface area (Å²) in [5, 5.41) is 9.81. The predicted molar refractivity (Wildman–Crippen MR) is 62.8 cm³/mol. The Kier molecular flexibility index (Phi) is 1.10. The molecule has 0 aromatic heterocycles. The minimum Gasteiger partial charge on any atom is -0.483 e. The molecule has 8 unspecified atom stereocenters. The number of hydrogen-bond acceptors (Lipinski definition) is 4. The number of rotatable bonds is 0. The van der Waals surface area contributed by atoms with Gasteiger partial charge in [0, 0.05) is 22.7 Å². The molecule has 3 aliphatic carbocycles. The van der Waals surface area contributed by atoms with Gasteiger partial charge in [-0.1, -0.05) is 13.8 Å². The highest BCUT2D eigenvalue weighted by atomic mass is 16.5. The smallest absolute Gasteiger partial charge is 0.208 e. The van der Waals surface area contributed by atoms with Crippen LogP contribution < -0.4 is 0 Å². The van der Waals surface area contributed by atoms with Gasteiger partial charge in [-0.25, -0.2) is 4.99 Å². The highest BCUT2D eigenvalue weighted by molar-refractivity contribution is 5.93. The van der Waals surface area contributed by atoms with Crippen molar-refractivity contribution in [3.8, 4) is 6.07 Å². The SMILES string of the molecule is COC1=NC2(C)C3OC4C5C3C2(C)C5(C)C14C#N. The summed E-state index contributed by atoms with van der Waals surface area (Å²) in [5.41, 5.74) is -0.735. The maximum Gasteiger partial charge on any atom is 0.208 e. The van der Waals surface area contributed by atoms with Crippen molar-refractivity contribution < 1.29 is 9.47 Å². The molecule has 5 aliphatic rings. The van der Waals surface area contributed by atoms with E-state index in [1.807, 2.05) is 0 Å². The van der Waals surface area contributed by atoms with Gasteiger partial charge in [0.05, 0.1) is 30.9 Å². The van der Waals surface area contributed by atoms with E-state index < -0.39 is 5.41 Å². The molecular formula is C14H16N2O2. The zero-order valence-corrected chi connectivity index (χ0v) is 11.0.